The number of aromatic nitrogens is 4. The molecule has 0 unspecified atom stereocenters. The summed E-state index contributed by atoms with van der Waals surface area (Å²) >= 11 is 0. The summed E-state index contributed by atoms with van der Waals surface area (Å²) in [4.78, 5) is 45.7. The second-order valence-electron chi connectivity index (χ2n) is 9.37. The van der Waals surface area contributed by atoms with Crippen LogP contribution in [0.4, 0.5) is 11.6 Å². The fourth-order valence-electron chi connectivity index (χ4n) is 4.64. The number of carbonyl (C=O) groups excluding carboxylic acids is 1. The van der Waals surface area contributed by atoms with Gasteiger partial charge in [-0.3, -0.25) is 9.59 Å². The third kappa shape index (κ3) is 7.35. The van der Waals surface area contributed by atoms with Gasteiger partial charge in [0.1, 0.15) is 23.3 Å². The minimum Gasteiger partial charge on any atom is -0.481 e. The lowest BCUT2D eigenvalue weighted by Gasteiger charge is -2.45. The van der Waals surface area contributed by atoms with E-state index in [1.165, 1.54) is 0 Å². The number of rotatable bonds is 12. The lowest BCUT2D eigenvalue weighted by molar-refractivity contribution is -0.144. The van der Waals surface area contributed by atoms with Crippen LogP contribution < -0.4 is 9.80 Å². The lowest BCUT2D eigenvalue weighted by atomic mass is 10.0. The zero-order valence-corrected chi connectivity index (χ0v) is 21.8. The highest BCUT2D eigenvalue weighted by atomic mass is 16.5. The average molecular weight is 499 g/mol. The third-order valence-corrected chi connectivity index (χ3v) is 6.49. The molecular formula is C26H38N6O4. The summed E-state index contributed by atoms with van der Waals surface area (Å²) in [7, 11) is 0. The molecule has 0 spiro atoms. The van der Waals surface area contributed by atoms with E-state index in [0.717, 1.165) is 31.1 Å². The fourth-order valence-corrected chi connectivity index (χ4v) is 4.64. The lowest BCUT2D eigenvalue weighted by Crippen LogP contribution is -2.57. The van der Waals surface area contributed by atoms with Crippen molar-refractivity contribution < 1.29 is 19.4 Å². The molecule has 1 N–H and O–H groups in total. The van der Waals surface area contributed by atoms with E-state index in [9.17, 15) is 14.7 Å². The predicted molar refractivity (Wildman–Crippen MR) is 137 cm³/mol. The molecule has 1 fully saturated rings. The topological polar surface area (TPSA) is 122 Å². The second-order valence-corrected chi connectivity index (χ2v) is 9.37. The normalized spacial score (nSPS) is 18.7. The Kier molecular flexibility index (Phi) is 9.95. The van der Waals surface area contributed by atoms with Crippen molar-refractivity contribution in [1.29, 1.82) is 0 Å². The molecule has 1 aliphatic rings. The van der Waals surface area contributed by atoms with Crippen molar-refractivity contribution in [3.05, 3.63) is 36.2 Å². The van der Waals surface area contributed by atoms with Gasteiger partial charge in [-0.2, -0.15) is 0 Å². The van der Waals surface area contributed by atoms with E-state index in [-0.39, 0.29) is 30.6 Å². The SMILES string of the molecule is CCCC(=O)OCCc1nccc(N2C[C@@H](C)N(c3ccnc(CC[C@@H](CC)C(=O)O)n3)[C@@H](C)C2)n1. The molecule has 36 heavy (non-hydrogen) atoms. The molecule has 10 heteroatoms. The zero-order valence-electron chi connectivity index (χ0n) is 21.8. The molecule has 196 valence electrons. The van der Waals surface area contributed by atoms with E-state index in [4.69, 9.17) is 14.7 Å². The quantitative estimate of drug-likeness (QED) is 0.436. The van der Waals surface area contributed by atoms with Crippen molar-refractivity contribution in [2.24, 2.45) is 5.92 Å². The Morgan fingerprint density at radius 1 is 1.03 bits per heavy atom. The highest BCUT2D eigenvalue weighted by molar-refractivity contribution is 5.70. The number of esters is 1. The molecule has 0 bridgehead atoms. The van der Waals surface area contributed by atoms with Gasteiger partial charge in [-0.25, -0.2) is 19.9 Å². The molecular weight excluding hydrogens is 460 g/mol. The smallest absolute Gasteiger partial charge is 0.306 e. The van der Waals surface area contributed by atoms with Gasteiger partial charge < -0.3 is 19.6 Å². The van der Waals surface area contributed by atoms with E-state index in [2.05, 4.69) is 33.6 Å². The van der Waals surface area contributed by atoms with Crippen molar-refractivity contribution in [2.75, 3.05) is 29.5 Å². The Morgan fingerprint density at radius 2 is 1.64 bits per heavy atom. The van der Waals surface area contributed by atoms with Crippen LogP contribution in [0.15, 0.2) is 24.5 Å². The second kappa shape index (κ2) is 13.1. The standard InChI is InChI=1S/C26H38N6O4/c1-5-7-25(33)36-15-12-22-28-13-10-23(29-22)31-16-18(3)32(19(4)17-31)24-11-14-27-21(30-24)9-8-20(6-2)26(34)35/h10-11,13-14,18-20H,5-9,12,15-17H2,1-4H3,(H,34,35)/t18-,19+,20-/m1/s1. The zero-order chi connectivity index (χ0) is 26.1. The number of aliphatic carboxylic acids is 1. The summed E-state index contributed by atoms with van der Waals surface area (Å²) in [5.74, 6) is 1.73. The molecule has 2 aromatic heterocycles. The fraction of sp³-hybridized carbons (Fsp3) is 0.615. The van der Waals surface area contributed by atoms with Crippen LogP contribution in [0.25, 0.3) is 0 Å². The van der Waals surface area contributed by atoms with Crippen LogP contribution in [0.5, 0.6) is 0 Å². The molecule has 0 aromatic carbocycles. The summed E-state index contributed by atoms with van der Waals surface area (Å²) in [5, 5.41) is 9.32. The summed E-state index contributed by atoms with van der Waals surface area (Å²) in [6.07, 6.45) is 6.86. The van der Waals surface area contributed by atoms with Crippen molar-refractivity contribution in [3.8, 4) is 0 Å². The van der Waals surface area contributed by atoms with E-state index < -0.39 is 5.97 Å². The number of carboxylic acids is 1. The Hall–Kier alpha value is -3.30. The van der Waals surface area contributed by atoms with Gasteiger partial charge in [0.2, 0.25) is 0 Å². The highest BCUT2D eigenvalue weighted by Crippen LogP contribution is 2.26. The molecule has 3 rings (SSSR count). The van der Waals surface area contributed by atoms with Crippen LogP contribution in [0.2, 0.25) is 0 Å². The highest BCUT2D eigenvalue weighted by Gasteiger charge is 2.31. The van der Waals surface area contributed by atoms with Crippen LogP contribution in [-0.4, -0.2) is 68.8 Å². The summed E-state index contributed by atoms with van der Waals surface area (Å²) < 4.78 is 5.25. The van der Waals surface area contributed by atoms with E-state index in [1.807, 2.05) is 26.0 Å². The van der Waals surface area contributed by atoms with Crippen LogP contribution in [0.3, 0.4) is 0 Å². The summed E-state index contributed by atoms with van der Waals surface area (Å²) in [6, 6.07) is 4.18. The maximum atomic E-state index is 11.6. The van der Waals surface area contributed by atoms with E-state index in [1.54, 1.807) is 12.4 Å². The number of aryl methyl sites for hydroxylation is 1. The predicted octanol–water partition coefficient (Wildman–Crippen LogP) is 3.30. The molecule has 0 aliphatic carbocycles. The first-order valence-corrected chi connectivity index (χ1v) is 12.9. The molecule has 10 nitrogen and oxygen atoms in total. The molecule has 1 saturated heterocycles. The van der Waals surface area contributed by atoms with Crippen molar-refractivity contribution >= 4 is 23.6 Å². The minimum absolute atomic E-state index is 0.173. The van der Waals surface area contributed by atoms with Crippen LogP contribution in [0, 0.1) is 5.92 Å². The van der Waals surface area contributed by atoms with Crippen molar-refractivity contribution in [3.63, 3.8) is 0 Å². The number of carbonyl (C=O) groups is 2. The van der Waals surface area contributed by atoms with Crippen LogP contribution in [-0.2, 0) is 27.2 Å². The van der Waals surface area contributed by atoms with Gasteiger partial charge in [0.15, 0.2) is 0 Å². The number of anilines is 2. The van der Waals surface area contributed by atoms with Gasteiger partial charge in [0.25, 0.3) is 0 Å². The number of hydrogen-bond acceptors (Lipinski definition) is 9. The van der Waals surface area contributed by atoms with Gasteiger partial charge in [-0.1, -0.05) is 13.8 Å². The Labute approximate surface area is 213 Å². The van der Waals surface area contributed by atoms with Gasteiger partial charge in [0, 0.05) is 56.8 Å². The number of carboxylic acid groups (broad SMARTS) is 1. The Balaban J connectivity index is 1.63. The summed E-state index contributed by atoms with van der Waals surface area (Å²) in [5.41, 5.74) is 0. The average Bonchev–Trinajstić information content (AvgIpc) is 2.84. The molecule has 0 amide bonds. The maximum absolute atomic E-state index is 11.6. The van der Waals surface area contributed by atoms with Gasteiger partial charge in [0.05, 0.1) is 12.5 Å². The minimum atomic E-state index is -0.766. The molecule has 0 saturated carbocycles. The van der Waals surface area contributed by atoms with Crippen LogP contribution in [0.1, 0.15) is 65.0 Å². The summed E-state index contributed by atoms with van der Waals surface area (Å²) in [6.45, 7) is 9.98. The van der Waals surface area contributed by atoms with E-state index in [0.29, 0.717) is 43.8 Å². The van der Waals surface area contributed by atoms with Crippen LogP contribution >= 0.6 is 0 Å². The molecule has 3 heterocycles. The first-order chi connectivity index (χ1) is 17.3. The third-order valence-electron chi connectivity index (χ3n) is 6.49. The molecule has 0 radical (unpaired) electrons. The monoisotopic (exact) mass is 498 g/mol. The van der Waals surface area contributed by atoms with Gasteiger partial charge in [-0.05, 0) is 45.2 Å². The number of ether oxygens (including phenoxy) is 1. The van der Waals surface area contributed by atoms with Gasteiger partial charge in [-0.15, -0.1) is 0 Å². The molecule has 2 aromatic rings. The molecule has 1 aliphatic heterocycles. The number of nitrogens with zero attached hydrogens (tertiary/aromatic N) is 6. The first kappa shape index (κ1) is 27.3. The number of hydrogen-bond donors (Lipinski definition) is 1. The van der Waals surface area contributed by atoms with E-state index >= 15 is 0 Å². The van der Waals surface area contributed by atoms with Crippen molar-refractivity contribution in [1.82, 2.24) is 19.9 Å². The Morgan fingerprint density at radius 3 is 2.25 bits per heavy atom. The Bertz CT molecular complexity index is 1010. The maximum Gasteiger partial charge on any atom is 0.306 e. The number of piperazine rings is 1. The largest absolute Gasteiger partial charge is 0.481 e. The van der Waals surface area contributed by atoms with Crippen molar-refractivity contribution in [2.45, 2.75) is 78.3 Å². The molecule has 3 atom stereocenters. The first-order valence-electron chi connectivity index (χ1n) is 12.9. The van der Waals surface area contributed by atoms with Gasteiger partial charge >= 0.3 is 11.9 Å².